The molecule has 0 aliphatic carbocycles. The van der Waals surface area contributed by atoms with Crippen LogP contribution in [-0.4, -0.2) is 51.9 Å². The molecule has 1 amide bonds. The molecular weight excluding hydrogens is 460 g/mol. The summed E-state index contributed by atoms with van der Waals surface area (Å²) in [6.45, 7) is 14.4. The number of alkyl carbamates (subject to hydrolysis) is 1. The Morgan fingerprint density at radius 3 is 1.89 bits per heavy atom. The molecular formula is C24H36N2O9. The largest absolute Gasteiger partial charge is 0.458 e. The van der Waals surface area contributed by atoms with Gasteiger partial charge >= 0.3 is 18.0 Å². The van der Waals surface area contributed by atoms with E-state index in [1.807, 2.05) is 0 Å². The minimum absolute atomic E-state index is 0.171. The Labute approximate surface area is 205 Å². The molecule has 0 aliphatic heterocycles. The monoisotopic (exact) mass is 496 g/mol. The molecule has 11 nitrogen and oxygen atoms in total. The van der Waals surface area contributed by atoms with E-state index in [9.17, 15) is 24.5 Å². The van der Waals surface area contributed by atoms with Crippen molar-refractivity contribution in [3.8, 4) is 0 Å². The number of esters is 2. The Morgan fingerprint density at radius 1 is 0.886 bits per heavy atom. The van der Waals surface area contributed by atoms with Gasteiger partial charge in [0.25, 0.3) is 5.69 Å². The minimum atomic E-state index is -1.64. The van der Waals surface area contributed by atoms with Gasteiger partial charge < -0.3 is 24.3 Å². The number of nitrogens with zero attached hydrogens (tertiary/aromatic N) is 1. The second kappa shape index (κ2) is 11.5. The van der Waals surface area contributed by atoms with Crippen molar-refractivity contribution in [2.45, 2.75) is 97.9 Å². The third kappa shape index (κ3) is 11.7. The number of hydrogen-bond acceptors (Lipinski definition) is 9. The minimum Gasteiger partial charge on any atom is -0.458 e. The van der Waals surface area contributed by atoms with Gasteiger partial charge in [-0.1, -0.05) is 12.1 Å². The smallest absolute Gasteiger partial charge is 0.408 e. The van der Waals surface area contributed by atoms with Crippen LogP contribution in [0.5, 0.6) is 0 Å². The van der Waals surface area contributed by atoms with E-state index in [4.69, 9.17) is 18.9 Å². The topological polar surface area (TPSA) is 143 Å². The summed E-state index contributed by atoms with van der Waals surface area (Å²) in [6, 6.07) is 3.97. The van der Waals surface area contributed by atoms with E-state index in [-0.39, 0.29) is 12.3 Å². The van der Waals surface area contributed by atoms with Crippen molar-refractivity contribution in [3.05, 3.63) is 39.9 Å². The maximum atomic E-state index is 13.1. The van der Waals surface area contributed by atoms with Gasteiger partial charge in [-0.05, 0) is 67.9 Å². The van der Waals surface area contributed by atoms with Gasteiger partial charge in [0.15, 0.2) is 12.1 Å². The molecule has 0 fully saturated rings. The second-order valence-electron chi connectivity index (χ2n) is 10.8. The maximum Gasteiger partial charge on any atom is 0.408 e. The average Bonchev–Trinajstić information content (AvgIpc) is 2.63. The molecule has 0 bridgehead atoms. The van der Waals surface area contributed by atoms with Gasteiger partial charge in [0, 0.05) is 12.1 Å². The highest BCUT2D eigenvalue weighted by Gasteiger charge is 2.42. The molecule has 0 saturated carbocycles. The molecule has 0 unspecified atom stereocenters. The van der Waals surface area contributed by atoms with E-state index in [0.717, 1.165) is 0 Å². The van der Waals surface area contributed by atoms with Crippen molar-refractivity contribution < 1.29 is 38.3 Å². The normalized spacial score (nSPS) is 13.9. The number of amides is 1. The molecule has 0 aromatic heterocycles. The molecule has 0 spiro atoms. The second-order valence-corrected chi connectivity index (χ2v) is 10.8. The number of nitrogens with one attached hydrogen (secondary N) is 1. The van der Waals surface area contributed by atoms with Gasteiger partial charge in [0.2, 0.25) is 0 Å². The van der Waals surface area contributed by atoms with Gasteiger partial charge in [0.1, 0.15) is 16.8 Å². The number of benzene rings is 1. The van der Waals surface area contributed by atoms with E-state index < -0.39 is 51.9 Å². The third-order valence-electron chi connectivity index (χ3n) is 3.83. The highest BCUT2D eigenvalue weighted by atomic mass is 16.6. The fourth-order valence-corrected chi connectivity index (χ4v) is 2.66. The van der Waals surface area contributed by atoms with E-state index in [1.54, 1.807) is 68.4 Å². The van der Waals surface area contributed by atoms with Crippen LogP contribution in [0.15, 0.2) is 24.3 Å². The number of hydrogen-bond donors (Lipinski definition) is 1. The van der Waals surface area contributed by atoms with Crippen LogP contribution in [0, 0.1) is 10.1 Å². The van der Waals surface area contributed by atoms with Crippen LogP contribution in [-0.2, 0) is 35.1 Å². The maximum absolute atomic E-state index is 13.1. The SMILES string of the molecule is CC(C)(C)OC(=O)N[C@H](C(=O)OC(C)(C)C)[C@H](OCc1cccc([N+](=O)[O-])c1)C(=O)OC(C)(C)C. The van der Waals surface area contributed by atoms with Crippen molar-refractivity contribution in [1.29, 1.82) is 0 Å². The van der Waals surface area contributed by atoms with Crippen molar-refractivity contribution in [2.24, 2.45) is 0 Å². The van der Waals surface area contributed by atoms with Crippen LogP contribution < -0.4 is 5.32 Å². The van der Waals surface area contributed by atoms with Crippen LogP contribution in [0.1, 0.15) is 67.9 Å². The number of carbonyl (C=O) groups is 3. The molecule has 2 atom stereocenters. The third-order valence-corrected chi connectivity index (χ3v) is 3.83. The zero-order valence-electron chi connectivity index (χ0n) is 21.8. The summed E-state index contributed by atoms with van der Waals surface area (Å²) >= 11 is 0. The van der Waals surface area contributed by atoms with Crippen molar-refractivity contribution in [3.63, 3.8) is 0 Å². The number of nitro benzene ring substituents is 1. The van der Waals surface area contributed by atoms with Crippen LogP contribution in [0.25, 0.3) is 0 Å². The summed E-state index contributed by atoms with van der Waals surface area (Å²) in [5, 5.41) is 13.4. The number of carbonyl (C=O) groups excluding carboxylic acids is 3. The molecule has 0 saturated heterocycles. The highest BCUT2D eigenvalue weighted by molar-refractivity contribution is 5.89. The first-order valence-corrected chi connectivity index (χ1v) is 11.1. The average molecular weight is 497 g/mol. The number of ether oxygens (including phenoxy) is 4. The zero-order valence-corrected chi connectivity index (χ0v) is 21.8. The molecule has 0 heterocycles. The lowest BCUT2D eigenvalue weighted by atomic mass is 10.1. The number of rotatable bonds is 8. The van der Waals surface area contributed by atoms with E-state index in [0.29, 0.717) is 5.56 Å². The molecule has 1 aromatic rings. The lowest BCUT2D eigenvalue weighted by molar-refractivity contribution is -0.385. The summed E-state index contributed by atoms with van der Waals surface area (Å²) in [7, 11) is 0. The molecule has 1 rings (SSSR count). The lowest BCUT2D eigenvalue weighted by Crippen LogP contribution is -2.56. The van der Waals surface area contributed by atoms with E-state index >= 15 is 0 Å². The first-order valence-electron chi connectivity index (χ1n) is 11.1. The summed E-state index contributed by atoms with van der Waals surface area (Å²) in [4.78, 5) is 49.2. The quantitative estimate of drug-likeness (QED) is 0.244. The fraction of sp³-hybridized carbons (Fsp3) is 0.625. The van der Waals surface area contributed by atoms with Crippen molar-refractivity contribution >= 4 is 23.7 Å². The summed E-state index contributed by atoms with van der Waals surface area (Å²) < 4.78 is 21.8. The van der Waals surface area contributed by atoms with Crippen LogP contribution >= 0.6 is 0 Å². The van der Waals surface area contributed by atoms with Gasteiger partial charge in [-0.2, -0.15) is 0 Å². The van der Waals surface area contributed by atoms with Crippen molar-refractivity contribution in [1.82, 2.24) is 5.32 Å². The molecule has 0 radical (unpaired) electrons. The number of non-ortho nitro benzene ring substituents is 1. The fourth-order valence-electron chi connectivity index (χ4n) is 2.66. The van der Waals surface area contributed by atoms with E-state index in [2.05, 4.69) is 5.32 Å². The Morgan fingerprint density at radius 2 is 1.40 bits per heavy atom. The molecule has 0 aliphatic rings. The lowest BCUT2D eigenvalue weighted by Gasteiger charge is -2.31. The summed E-state index contributed by atoms with van der Waals surface area (Å²) in [6.07, 6.45) is -2.61. The Hall–Kier alpha value is -3.21. The standard InChI is InChI=1S/C24H36N2O9/c1-22(2,3)33-19(27)17(25-21(29)35-24(7,8)9)18(20(28)34-23(4,5)6)32-14-15-11-10-12-16(13-15)26(30)31/h10-13,17-18H,14H2,1-9H3,(H,25,29)/t17-,18-/m0/s1. The highest BCUT2D eigenvalue weighted by Crippen LogP contribution is 2.20. The van der Waals surface area contributed by atoms with Gasteiger partial charge in [-0.15, -0.1) is 0 Å². The van der Waals surface area contributed by atoms with Gasteiger partial charge in [-0.25, -0.2) is 14.4 Å². The molecule has 196 valence electrons. The number of nitro groups is 1. The zero-order chi connectivity index (χ0) is 27.2. The first kappa shape index (κ1) is 29.8. The van der Waals surface area contributed by atoms with Crippen LogP contribution in [0.2, 0.25) is 0 Å². The Bertz CT molecular complexity index is 924. The molecule has 11 heteroatoms. The Kier molecular flexibility index (Phi) is 9.78. The van der Waals surface area contributed by atoms with Gasteiger partial charge in [0.05, 0.1) is 11.5 Å². The van der Waals surface area contributed by atoms with Crippen LogP contribution in [0.4, 0.5) is 10.5 Å². The molecule has 1 N–H and O–H groups in total. The molecule has 35 heavy (non-hydrogen) atoms. The van der Waals surface area contributed by atoms with Crippen LogP contribution in [0.3, 0.4) is 0 Å². The van der Waals surface area contributed by atoms with E-state index in [1.165, 1.54) is 18.2 Å². The Balaban J connectivity index is 3.35. The summed E-state index contributed by atoms with van der Waals surface area (Å²) in [5.41, 5.74) is -2.56. The first-order chi connectivity index (χ1) is 15.8. The van der Waals surface area contributed by atoms with Crippen molar-refractivity contribution in [2.75, 3.05) is 0 Å². The van der Waals surface area contributed by atoms with Gasteiger partial charge in [-0.3, -0.25) is 10.1 Å². The predicted molar refractivity (Wildman–Crippen MR) is 127 cm³/mol. The predicted octanol–water partition coefficient (Wildman–Crippen LogP) is 4.06. The summed E-state index contributed by atoms with van der Waals surface area (Å²) in [5.74, 6) is -1.88. The molecule has 1 aromatic carbocycles.